The van der Waals surface area contributed by atoms with Crippen molar-refractivity contribution in [2.45, 2.75) is 32.2 Å². The van der Waals surface area contributed by atoms with Gasteiger partial charge >= 0.3 is 0 Å². The van der Waals surface area contributed by atoms with Crippen LogP contribution in [-0.2, 0) is 0 Å². The van der Waals surface area contributed by atoms with E-state index >= 15 is 0 Å². The quantitative estimate of drug-likeness (QED) is 0.731. The zero-order chi connectivity index (χ0) is 9.97. The molecule has 0 amide bonds. The monoisotopic (exact) mass is 192 g/mol. The first-order valence-corrected chi connectivity index (χ1v) is 5.12. The molecule has 2 heterocycles. The van der Waals surface area contributed by atoms with Crippen LogP contribution in [0.4, 0.5) is 11.6 Å². The molecule has 1 saturated heterocycles. The number of hydrogen-bond acceptors (Lipinski definition) is 4. The number of nitrogens with two attached hydrogens (primary N) is 1. The molecule has 2 rings (SSSR count). The zero-order valence-electron chi connectivity index (χ0n) is 8.48. The Labute approximate surface area is 84.2 Å². The van der Waals surface area contributed by atoms with E-state index in [4.69, 9.17) is 5.73 Å². The van der Waals surface area contributed by atoms with Gasteiger partial charge in [-0.25, -0.2) is 9.97 Å². The van der Waals surface area contributed by atoms with Crippen LogP contribution in [0.25, 0.3) is 0 Å². The Morgan fingerprint density at radius 1 is 1.36 bits per heavy atom. The lowest BCUT2D eigenvalue weighted by molar-refractivity contribution is 0.481. The summed E-state index contributed by atoms with van der Waals surface area (Å²) < 4.78 is 0. The largest absolute Gasteiger partial charge is 0.381 e. The van der Waals surface area contributed by atoms with Crippen molar-refractivity contribution in [1.82, 2.24) is 9.97 Å². The van der Waals surface area contributed by atoms with Crippen LogP contribution in [0.5, 0.6) is 0 Å². The van der Waals surface area contributed by atoms with Crippen LogP contribution >= 0.6 is 0 Å². The summed E-state index contributed by atoms with van der Waals surface area (Å²) >= 11 is 0. The maximum absolute atomic E-state index is 5.80. The van der Waals surface area contributed by atoms with E-state index in [1.165, 1.54) is 19.3 Å². The Bertz CT molecular complexity index is 313. The van der Waals surface area contributed by atoms with Crippen LogP contribution < -0.4 is 10.6 Å². The average Bonchev–Trinajstić information content (AvgIpc) is 2.20. The highest BCUT2D eigenvalue weighted by Crippen LogP contribution is 2.25. The second kappa shape index (κ2) is 3.82. The maximum atomic E-state index is 5.80. The van der Waals surface area contributed by atoms with Crippen molar-refractivity contribution in [1.29, 1.82) is 0 Å². The van der Waals surface area contributed by atoms with E-state index in [1.807, 2.05) is 0 Å². The number of anilines is 2. The van der Waals surface area contributed by atoms with Gasteiger partial charge in [0.05, 0.1) is 0 Å². The van der Waals surface area contributed by atoms with Gasteiger partial charge in [-0.3, -0.25) is 0 Å². The second-order valence-corrected chi connectivity index (χ2v) is 3.80. The summed E-state index contributed by atoms with van der Waals surface area (Å²) in [6.07, 6.45) is 7.08. The molecule has 0 saturated carbocycles. The average molecular weight is 192 g/mol. The van der Waals surface area contributed by atoms with Crippen LogP contribution in [0, 0.1) is 0 Å². The van der Waals surface area contributed by atoms with E-state index in [9.17, 15) is 0 Å². The van der Waals surface area contributed by atoms with Crippen molar-refractivity contribution in [3.05, 3.63) is 12.4 Å². The molecular formula is C10H16N4. The molecule has 1 aromatic heterocycles. The normalized spacial score (nSPS) is 22.4. The first-order valence-electron chi connectivity index (χ1n) is 5.12. The van der Waals surface area contributed by atoms with E-state index in [0.29, 0.717) is 11.9 Å². The van der Waals surface area contributed by atoms with Crippen molar-refractivity contribution in [2.24, 2.45) is 0 Å². The second-order valence-electron chi connectivity index (χ2n) is 3.80. The van der Waals surface area contributed by atoms with Gasteiger partial charge in [-0.1, -0.05) is 0 Å². The molecule has 14 heavy (non-hydrogen) atoms. The molecule has 1 aromatic rings. The smallest absolute Gasteiger partial charge is 0.171 e. The summed E-state index contributed by atoms with van der Waals surface area (Å²) in [5.74, 6) is 1.39. The molecule has 1 atom stereocenters. The van der Waals surface area contributed by atoms with Gasteiger partial charge in [-0.05, 0) is 26.2 Å². The highest BCUT2D eigenvalue weighted by atomic mass is 15.2. The van der Waals surface area contributed by atoms with Crippen LogP contribution in [0.15, 0.2) is 12.4 Å². The third kappa shape index (κ3) is 1.64. The van der Waals surface area contributed by atoms with E-state index < -0.39 is 0 Å². The number of nitrogen functional groups attached to an aromatic ring is 1. The fraction of sp³-hybridized carbons (Fsp3) is 0.600. The van der Waals surface area contributed by atoms with E-state index in [1.54, 1.807) is 12.4 Å². The van der Waals surface area contributed by atoms with Gasteiger partial charge in [0.1, 0.15) is 0 Å². The van der Waals surface area contributed by atoms with Crippen LogP contribution in [0.2, 0.25) is 0 Å². The number of rotatable bonds is 1. The highest BCUT2D eigenvalue weighted by molar-refractivity contribution is 5.57. The Balaban J connectivity index is 2.25. The number of hydrogen-bond donors (Lipinski definition) is 1. The van der Waals surface area contributed by atoms with Crippen molar-refractivity contribution >= 4 is 11.6 Å². The third-order valence-electron chi connectivity index (χ3n) is 2.78. The predicted octanol–water partition coefficient (Wildman–Crippen LogP) is 1.44. The third-order valence-corrected chi connectivity index (χ3v) is 2.78. The Hall–Kier alpha value is -1.32. The van der Waals surface area contributed by atoms with Crippen LogP contribution in [-0.4, -0.2) is 22.6 Å². The number of aromatic nitrogens is 2. The molecule has 0 unspecified atom stereocenters. The Morgan fingerprint density at radius 2 is 2.14 bits per heavy atom. The molecule has 0 radical (unpaired) electrons. The van der Waals surface area contributed by atoms with Gasteiger partial charge in [-0.2, -0.15) is 0 Å². The van der Waals surface area contributed by atoms with E-state index in [2.05, 4.69) is 21.8 Å². The minimum atomic E-state index is 0.530. The topological polar surface area (TPSA) is 55.0 Å². The predicted molar refractivity (Wildman–Crippen MR) is 57.1 cm³/mol. The maximum Gasteiger partial charge on any atom is 0.171 e. The number of piperidine rings is 1. The first kappa shape index (κ1) is 9.24. The van der Waals surface area contributed by atoms with Gasteiger partial charge in [0.25, 0.3) is 0 Å². The van der Waals surface area contributed by atoms with Gasteiger partial charge < -0.3 is 10.6 Å². The molecule has 0 aliphatic carbocycles. The fourth-order valence-electron chi connectivity index (χ4n) is 1.98. The molecule has 4 heteroatoms. The molecule has 0 spiro atoms. The molecule has 76 valence electrons. The summed E-state index contributed by atoms with van der Waals surface area (Å²) in [7, 11) is 0. The summed E-state index contributed by atoms with van der Waals surface area (Å²) in [6.45, 7) is 3.26. The lowest BCUT2D eigenvalue weighted by atomic mass is 10.0. The summed E-state index contributed by atoms with van der Waals surface area (Å²) in [4.78, 5) is 10.6. The Kier molecular flexibility index (Phi) is 2.52. The Morgan fingerprint density at radius 3 is 2.86 bits per heavy atom. The lowest BCUT2D eigenvalue weighted by Gasteiger charge is -2.34. The number of nitrogens with zero attached hydrogens (tertiary/aromatic N) is 3. The van der Waals surface area contributed by atoms with Crippen molar-refractivity contribution < 1.29 is 0 Å². The minimum Gasteiger partial charge on any atom is -0.381 e. The van der Waals surface area contributed by atoms with Gasteiger partial charge in [0.15, 0.2) is 11.6 Å². The van der Waals surface area contributed by atoms with Crippen LogP contribution in [0.1, 0.15) is 26.2 Å². The standard InChI is InChI=1S/C10H16N4/c1-8-4-2-3-7-14(8)10-9(11)12-5-6-13-10/h5-6,8H,2-4,7H2,1H3,(H2,11,12)/t8-/m0/s1. The molecular weight excluding hydrogens is 176 g/mol. The van der Waals surface area contributed by atoms with E-state index in [0.717, 1.165) is 12.4 Å². The van der Waals surface area contributed by atoms with Crippen molar-refractivity contribution in [3.8, 4) is 0 Å². The summed E-state index contributed by atoms with van der Waals surface area (Å²) in [5, 5.41) is 0. The van der Waals surface area contributed by atoms with Gasteiger partial charge in [0, 0.05) is 25.0 Å². The van der Waals surface area contributed by atoms with Gasteiger partial charge in [-0.15, -0.1) is 0 Å². The molecule has 4 nitrogen and oxygen atoms in total. The lowest BCUT2D eigenvalue weighted by Crippen LogP contribution is -2.38. The van der Waals surface area contributed by atoms with Gasteiger partial charge in [0.2, 0.25) is 0 Å². The summed E-state index contributed by atoms with van der Waals surface area (Å²) in [6, 6.07) is 0.530. The molecule has 2 N–H and O–H groups in total. The minimum absolute atomic E-state index is 0.530. The molecule has 1 fully saturated rings. The molecule has 0 aromatic carbocycles. The van der Waals surface area contributed by atoms with Crippen molar-refractivity contribution in [2.75, 3.05) is 17.2 Å². The summed E-state index contributed by atoms with van der Waals surface area (Å²) in [5.41, 5.74) is 5.80. The van der Waals surface area contributed by atoms with Crippen LogP contribution in [0.3, 0.4) is 0 Å². The highest BCUT2D eigenvalue weighted by Gasteiger charge is 2.21. The SMILES string of the molecule is C[C@H]1CCCCN1c1nccnc1N. The van der Waals surface area contributed by atoms with Crippen molar-refractivity contribution in [3.63, 3.8) is 0 Å². The van der Waals surface area contributed by atoms with E-state index in [-0.39, 0.29) is 0 Å². The molecule has 1 aliphatic heterocycles. The zero-order valence-corrected chi connectivity index (χ0v) is 8.48. The molecule has 1 aliphatic rings. The molecule has 0 bridgehead atoms. The first-order chi connectivity index (χ1) is 6.79. The fourth-order valence-corrected chi connectivity index (χ4v) is 1.98.